The lowest BCUT2D eigenvalue weighted by Crippen LogP contribution is -2.38. The molecule has 1 aliphatic carbocycles. The zero-order valence-electron chi connectivity index (χ0n) is 18.4. The zero-order chi connectivity index (χ0) is 22.8. The molecule has 0 bridgehead atoms. The number of nitrogens with one attached hydrogen (secondary N) is 1. The predicted octanol–water partition coefficient (Wildman–Crippen LogP) is 3.81. The third kappa shape index (κ3) is 4.02. The Morgan fingerprint density at radius 3 is 2.34 bits per heavy atom. The second kappa shape index (κ2) is 8.94. The van der Waals surface area contributed by atoms with Gasteiger partial charge in [0.2, 0.25) is 5.91 Å². The number of allylic oxidation sites excluding steroid dienone is 2. The maximum absolute atomic E-state index is 13.3. The third-order valence-electron chi connectivity index (χ3n) is 6.10. The van der Waals surface area contributed by atoms with Gasteiger partial charge in [0.25, 0.3) is 0 Å². The number of hydrogen-bond donors (Lipinski definition) is 2. The Kier molecular flexibility index (Phi) is 6.08. The molecule has 2 atom stereocenters. The second-order valence-electron chi connectivity index (χ2n) is 8.00. The number of benzene rings is 2. The van der Waals surface area contributed by atoms with Gasteiger partial charge in [-0.25, -0.2) is 0 Å². The van der Waals surface area contributed by atoms with Gasteiger partial charge in [-0.15, -0.1) is 0 Å². The largest absolute Gasteiger partial charge is 0.504 e. The molecule has 1 heterocycles. The van der Waals surface area contributed by atoms with E-state index in [1.165, 1.54) is 7.11 Å². The Balaban J connectivity index is 1.67. The highest BCUT2D eigenvalue weighted by Crippen LogP contribution is 2.44. The summed E-state index contributed by atoms with van der Waals surface area (Å²) < 4.78 is 16.2. The Morgan fingerprint density at radius 1 is 0.938 bits per heavy atom. The molecule has 32 heavy (non-hydrogen) atoms. The minimum atomic E-state index is -0.390. The van der Waals surface area contributed by atoms with Crippen LogP contribution in [-0.4, -0.2) is 37.6 Å². The number of hydrogen-bond acceptors (Lipinski definition) is 6. The van der Waals surface area contributed by atoms with Gasteiger partial charge in [0, 0.05) is 30.0 Å². The molecule has 0 saturated carbocycles. The molecule has 2 N–H and O–H groups in total. The number of aromatic hydroxyl groups is 1. The third-order valence-corrected chi connectivity index (χ3v) is 6.10. The Labute approximate surface area is 187 Å². The Hall–Kier alpha value is -3.48. The van der Waals surface area contributed by atoms with Gasteiger partial charge in [0.15, 0.2) is 28.8 Å². The summed E-state index contributed by atoms with van der Waals surface area (Å²) in [6.07, 6.45) is 1.05. The fraction of sp³-hybridized carbons (Fsp3) is 0.360. The number of methoxy groups -OCH3 is 2. The molecule has 0 radical (unpaired) electrons. The standard InChI is InChI=1S/C25H27NO6/c1-4-32-22-8-5-14(12-23(22)31-3)16-9-18-25(20(28)11-16)17(13-24(29)26-18)15-6-7-21(30-2)19(27)10-15/h5-8,10,12,16-17,27H,4,9,11,13H2,1-3H3,(H,26,29). The van der Waals surface area contributed by atoms with Crippen molar-refractivity contribution in [3.63, 3.8) is 0 Å². The smallest absolute Gasteiger partial charge is 0.225 e. The van der Waals surface area contributed by atoms with Crippen LogP contribution in [0.1, 0.15) is 49.1 Å². The SMILES string of the molecule is CCOc1ccc(C2CC(=O)C3=C(C2)NC(=O)CC3c2ccc(OC)c(O)c2)cc1OC. The number of phenolic OH excluding ortho intramolecular Hbond substituents is 1. The van der Waals surface area contributed by atoms with Crippen molar-refractivity contribution in [2.45, 2.75) is 38.0 Å². The van der Waals surface area contributed by atoms with Crippen molar-refractivity contribution in [3.05, 3.63) is 58.8 Å². The first kappa shape index (κ1) is 21.7. The number of ether oxygens (including phenoxy) is 3. The summed E-state index contributed by atoms with van der Waals surface area (Å²) in [4.78, 5) is 25.8. The van der Waals surface area contributed by atoms with Crippen LogP contribution < -0.4 is 19.5 Å². The first-order chi connectivity index (χ1) is 15.4. The highest BCUT2D eigenvalue weighted by atomic mass is 16.5. The van der Waals surface area contributed by atoms with Crippen molar-refractivity contribution in [3.8, 4) is 23.0 Å². The molecule has 7 nitrogen and oxygen atoms in total. The topological polar surface area (TPSA) is 94.1 Å². The summed E-state index contributed by atoms with van der Waals surface area (Å²) in [5.74, 6) is 1.02. The molecule has 168 valence electrons. The quantitative estimate of drug-likeness (QED) is 0.714. The van der Waals surface area contributed by atoms with Crippen LogP contribution in [0.25, 0.3) is 0 Å². The van der Waals surface area contributed by atoms with Crippen LogP contribution >= 0.6 is 0 Å². The number of ketones is 1. The van der Waals surface area contributed by atoms with Crippen LogP contribution in [0.4, 0.5) is 0 Å². The van der Waals surface area contributed by atoms with Gasteiger partial charge in [0.1, 0.15) is 0 Å². The van der Waals surface area contributed by atoms with Crippen LogP contribution in [0.2, 0.25) is 0 Å². The van der Waals surface area contributed by atoms with Crippen LogP contribution in [-0.2, 0) is 9.59 Å². The van der Waals surface area contributed by atoms with Gasteiger partial charge in [-0.3, -0.25) is 9.59 Å². The lowest BCUT2D eigenvalue weighted by molar-refractivity contribution is -0.122. The summed E-state index contributed by atoms with van der Waals surface area (Å²) in [6.45, 7) is 2.44. The van der Waals surface area contributed by atoms with E-state index in [1.54, 1.807) is 25.3 Å². The van der Waals surface area contributed by atoms with E-state index in [-0.39, 0.29) is 35.7 Å². The molecular formula is C25H27NO6. The lowest BCUT2D eigenvalue weighted by atomic mass is 9.73. The summed E-state index contributed by atoms with van der Waals surface area (Å²) in [5, 5.41) is 13.1. The maximum Gasteiger partial charge on any atom is 0.225 e. The fourth-order valence-corrected chi connectivity index (χ4v) is 4.62. The highest BCUT2D eigenvalue weighted by molar-refractivity contribution is 6.02. The first-order valence-electron chi connectivity index (χ1n) is 10.7. The van der Waals surface area contributed by atoms with E-state index in [4.69, 9.17) is 14.2 Å². The molecule has 0 aromatic heterocycles. The normalized spacial score (nSPS) is 20.5. The summed E-state index contributed by atoms with van der Waals surface area (Å²) in [6, 6.07) is 10.7. The minimum absolute atomic E-state index is 0.00408. The molecule has 2 aromatic rings. The molecule has 0 spiro atoms. The van der Waals surface area contributed by atoms with Gasteiger partial charge >= 0.3 is 0 Å². The van der Waals surface area contributed by atoms with Crippen molar-refractivity contribution in [2.75, 3.05) is 20.8 Å². The van der Waals surface area contributed by atoms with Crippen molar-refractivity contribution in [1.29, 1.82) is 0 Å². The van der Waals surface area contributed by atoms with E-state index < -0.39 is 0 Å². The highest BCUT2D eigenvalue weighted by Gasteiger charge is 2.38. The van der Waals surface area contributed by atoms with Crippen molar-refractivity contribution < 1.29 is 28.9 Å². The number of rotatable bonds is 6. The molecule has 2 aromatic carbocycles. The number of phenols is 1. The van der Waals surface area contributed by atoms with Crippen LogP contribution in [0.3, 0.4) is 0 Å². The average Bonchev–Trinajstić information content (AvgIpc) is 2.78. The van der Waals surface area contributed by atoms with E-state index in [2.05, 4.69) is 5.32 Å². The van der Waals surface area contributed by atoms with Crippen molar-refractivity contribution >= 4 is 11.7 Å². The lowest BCUT2D eigenvalue weighted by Gasteiger charge is -2.34. The molecule has 4 rings (SSSR count). The molecule has 1 aliphatic heterocycles. The van der Waals surface area contributed by atoms with Gasteiger partial charge in [-0.2, -0.15) is 0 Å². The summed E-state index contributed by atoms with van der Waals surface area (Å²) >= 11 is 0. The van der Waals surface area contributed by atoms with Gasteiger partial charge < -0.3 is 24.6 Å². The maximum atomic E-state index is 13.3. The fourth-order valence-electron chi connectivity index (χ4n) is 4.62. The van der Waals surface area contributed by atoms with Crippen LogP contribution in [0.15, 0.2) is 47.7 Å². The van der Waals surface area contributed by atoms with Gasteiger partial charge in [0.05, 0.1) is 20.8 Å². The van der Waals surface area contributed by atoms with Crippen molar-refractivity contribution in [1.82, 2.24) is 5.32 Å². The van der Waals surface area contributed by atoms with Crippen LogP contribution in [0, 0.1) is 0 Å². The summed E-state index contributed by atoms with van der Waals surface area (Å²) in [7, 11) is 3.06. The van der Waals surface area contributed by atoms with Gasteiger partial charge in [-0.05, 0) is 54.7 Å². The number of amides is 1. The van der Waals surface area contributed by atoms with E-state index >= 15 is 0 Å². The second-order valence-corrected chi connectivity index (χ2v) is 8.00. The first-order valence-corrected chi connectivity index (χ1v) is 10.7. The molecule has 0 saturated heterocycles. The molecule has 2 unspecified atom stereocenters. The van der Waals surface area contributed by atoms with Gasteiger partial charge in [-0.1, -0.05) is 12.1 Å². The molecule has 1 amide bonds. The van der Waals surface area contributed by atoms with Crippen molar-refractivity contribution in [2.24, 2.45) is 0 Å². The molecule has 0 fully saturated rings. The predicted molar refractivity (Wildman–Crippen MR) is 118 cm³/mol. The van der Waals surface area contributed by atoms with E-state index in [0.717, 1.165) is 11.1 Å². The average molecular weight is 437 g/mol. The van der Waals surface area contributed by atoms with E-state index in [1.807, 2.05) is 25.1 Å². The number of carbonyl (C=O) groups is 2. The summed E-state index contributed by atoms with van der Waals surface area (Å²) in [5.41, 5.74) is 2.97. The van der Waals surface area contributed by atoms with E-state index in [9.17, 15) is 14.7 Å². The number of carbonyl (C=O) groups excluding carboxylic acids is 2. The number of Topliss-reactive ketones (excluding diaryl/α,β-unsaturated/α-hetero) is 1. The Morgan fingerprint density at radius 2 is 1.66 bits per heavy atom. The molecule has 2 aliphatic rings. The zero-order valence-corrected chi connectivity index (χ0v) is 18.4. The Bertz CT molecular complexity index is 1090. The van der Waals surface area contributed by atoms with Crippen LogP contribution in [0.5, 0.6) is 23.0 Å². The monoisotopic (exact) mass is 437 g/mol. The minimum Gasteiger partial charge on any atom is -0.504 e. The molecular weight excluding hydrogens is 410 g/mol. The molecule has 7 heteroatoms. The van der Waals surface area contributed by atoms with E-state index in [0.29, 0.717) is 48.0 Å².